The number of carbonyl (C=O) groups excluding carboxylic acids is 2. The monoisotopic (exact) mass is 458 g/mol. The summed E-state index contributed by atoms with van der Waals surface area (Å²) < 4.78 is 21.9. The largest absolute Gasteiger partial charge is 0.497 e. The maximum atomic E-state index is 13.6. The Morgan fingerprint density at radius 2 is 1.56 bits per heavy atom. The maximum Gasteiger partial charge on any atom is 0.282 e. The third kappa shape index (κ3) is 3.69. The second-order valence-electron chi connectivity index (χ2n) is 7.58. The number of para-hydroxylation sites is 1. The van der Waals surface area contributed by atoms with Crippen LogP contribution in [0.4, 0.5) is 11.4 Å². The van der Waals surface area contributed by atoms with Crippen molar-refractivity contribution in [2.24, 2.45) is 0 Å². The Bertz CT molecular complexity index is 1300. The highest BCUT2D eigenvalue weighted by Crippen LogP contribution is 2.39. The molecule has 34 heavy (non-hydrogen) atoms. The molecule has 5 rings (SSSR count). The summed E-state index contributed by atoms with van der Waals surface area (Å²) in [6.45, 7) is 0.918. The molecule has 3 aromatic rings. The van der Waals surface area contributed by atoms with Crippen LogP contribution < -0.4 is 29.2 Å². The summed E-state index contributed by atoms with van der Waals surface area (Å²) >= 11 is 0. The molecule has 0 bridgehead atoms. The molecule has 8 heteroatoms. The topological polar surface area (TPSA) is 86.3 Å². The Labute approximate surface area is 196 Å². The van der Waals surface area contributed by atoms with E-state index in [1.54, 1.807) is 73.8 Å². The molecule has 2 aliphatic heterocycles. The summed E-state index contributed by atoms with van der Waals surface area (Å²) in [4.78, 5) is 28.4. The van der Waals surface area contributed by atoms with Gasteiger partial charge in [-0.1, -0.05) is 18.2 Å². The Hall–Kier alpha value is -4.46. The summed E-state index contributed by atoms with van der Waals surface area (Å²) in [6.07, 6.45) is 0. The summed E-state index contributed by atoms with van der Waals surface area (Å²) in [5.41, 5.74) is 1.89. The van der Waals surface area contributed by atoms with Crippen LogP contribution >= 0.6 is 0 Å². The first-order valence-corrected chi connectivity index (χ1v) is 10.7. The number of fused-ring (bicyclic) bond motifs is 1. The molecule has 2 aliphatic rings. The van der Waals surface area contributed by atoms with Crippen LogP contribution in [0.25, 0.3) is 5.57 Å². The molecule has 0 spiro atoms. The first-order valence-electron chi connectivity index (χ1n) is 10.7. The van der Waals surface area contributed by atoms with Crippen LogP contribution in [0.5, 0.6) is 23.0 Å². The molecule has 0 radical (unpaired) electrons. The lowest BCUT2D eigenvalue weighted by molar-refractivity contribution is -0.120. The van der Waals surface area contributed by atoms with Crippen LogP contribution in [0.15, 0.2) is 72.4 Å². The zero-order chi connectivity index (χ0) is 23.7. The SMILES string of the molecule is COc1ccc(N2C(=O)C(Nc3ccc4c(c3)OCCO4)=C(c3ccccc3OC)C2=O)cc1. The lowest BCUT2D eigenvalue weighted by Gasteiger charge is -2.19. The fraction of sp³-hybridized carbons (Fsp3) is 0.154. The van der Waals surface area contributed by atoms with Gasteiger partial charge in [0, 0.05) is 17.3 Å². The number of anilines is 2. The van der Waals surface area contributed by atoms with Gasteiger partial charge in [-0.3, -0.25) is 9.59 Å². The van der Waals surface area contributed by atoms with Crippen molar-refractivity contribution in [3.05, 3.63) is 78.0 Å². The number of hydrogen-bond donors (Lipinski definition) is 1. The van der Waals surface area contributed by atoms with Gasteiger partial charge in [-0.2, -0.15) is 0 Å². The van der Waals surface area contributed by atoms with Gasteiger partial charge in [0.2, 0.25) is 0 Å². The van der Waals surface area contributed by atoms with E-state index in [0.29, 0.717) is 53.2 Å². The fourth-order valence-corrected chi connectivity index (χ4v) is 3.98. The Morgan fingerprint density at radius 1 is 0.824 bits per heavy atom. The van der Waals surface area contributed by atoms with Crippen molar-refractivity contribution in [1.29, 1.82) is 0 Å². The van der Waals surface area contributed by atoms with Crippen molar-refractivity contribution in [3.8, 4) is 23.0 Å². The van der Waals surface area contributed by atoms with Gasteiger partial charge in [-0.25, -0.2) is 4.90 Å². The van der Waals surface area contributed by atoms with E-state index in [0.717, 1.165) is 4.90 Å². The van der Waals surface area contributed by atoms with Gasteiger partial charge in [0.25, 0.3) is 11.8 Å². The van der Waals surface area contributed by atoms with Crippen LogP contribution in [0.2, 0.25) is 0 Å². The summed E-state index contributed by atoms with van der Waals surface area (Å²) in [7, 11) is 3.08. The number of imide groups is 1. The van der Waals surface area contributed by atoms with Gasteiger partial charge >= 0.3 is 0 Å². The van der Waals surface area contributed by atoms with E-state index in [9.17, 15) is 9.59 Å². The van der Waals surface area contributed by atoms with Crippen LogP contribution in [0.3, 0.4) is 0 Å². The number of rotatable bonds is 6. The average molecular weight is 458 g/mol. The van der Waals surface area contributed by atoms with E-state index < -0.39 is 11.8 Å². The third-order valence-electron chi connectivity index (χ3n) is 5.60. The van der Waals surface area contributed by atoms with Crippen LogP contribution in [0, 0.1) is 0 Å². The molecule has 8 nitrogen and oxygen atoms in total. The van der Waals surface area contributed by atoms with Crippen LogP contribution in [-0.4, -0.2) is 39.2 Å². The second-order valence-corrected chi connectivity index (χ2v) is 7.58. The normalized spacial score (nSPS) is 14.9. The summed E-state index contributed by atoms with van der Waals surface area (Å²) in [5.74, 6) is 1.36. The standard InChI is InChI=1S/C26H22N2O6/c1-31-18-10-8-17(9-11-18)28-25(29)23(19-5-3-4-6-20(19)32-2)24(26(28)30)27-16-7-12-21-22(15-16)34-14-13-33-21/h3-12,15,27H,13-14H2,1-2H3. The number of ether oxygens (including phenoxy) is 4. The molecule has 172 valence electrons. The van der Waals surface area contributed by atoms with E-state index in [1.165, 1.54) is 7.11 Å². The molecule has 3 aromatic carbocycles. The van der Waals surface area contributed by atoms with Crippen molar-refractivity contribution in [2.45, 2.75) is 0 Å². The predicted molar refractivity (Wildman–Crippen MR) is 126 cm³/mol. The lowest BCUT2D eigenvalue weighted by Crippen LogP contribution is -2.32. The lowest BCUT2D eigenvalue weighted by atomic mass is 10.0. The molecule has 0 aliphatic carbocycles. The molecule has 0 saturated heterocycles. The number of hydrogen-bond acceptors (Lipinski definition) is 7. The Balaban J connectivity index is 1.59. The molecule has 0 fully saturated rings. The minimum atomic E-state index is -0.481. The number of nitrogens with zero attached hydrogens (tertiary/aromatic N) is 1. The minimum absolute atomic E-state index is 0.141. The number of carbonyl (C=O) groups is 2. The molecule has 2 amide bonds. The Kier molecular flexibility index (Phi) is 5.55. The van der Waals surface area contributed by atoms with Crippen LogP contribution in [-0.2, 0) is 9.59 Å². The minimum Gasteiger partial charge on any atom is -0.497 e. The second kappa shape index (κ2) is 8.82. The smallest absolute Gasteiger partial charge is 0.282 e. The van der Waals surface area contributed by atoms with Gasteiger partial charge in [0.1, 0.15) is 30.4 Å². The molecule has 1 N–H and O–H groups in total. The first kappa shape index (κ1) is 21.4. The highest BCUT2D eigenvalue weighted by molar-refractivity contribution is 6.46. The van der Waals surface area contributed by atoms with Crippen molar-refractivity contribution < 1.29 is 28.5 Å². The molecular weight excluding hydrogens is 436 g/mol. The molecule has 0 atom stereocenters. The number of nitrogens with one attached hydrogen (secondary N) is 1. The predicted octanol–water partition coefficient (Wildman–Crippen LogP) is 3.87. The maximum absolute atomic E-state index is 13.6. The van der Waals surface area contributed by atoms with E-state index in [4.69, 9.17) is 18.9 Å². The first-order chi connectivity index (χ1) is 16.6. The van der Waals surface area contributed by atoms with Crippen molar-refractivity contribution >= 4 is 28.8 Å². The van der Waals surface area contributed by atoms with Gasteiger partial charge in [-0.15, -0.1) is 0 Å². The molecule has 0 unspecified atom stereocenters. The van der Waals surface area contributed by atoms with E-state index in [2.05, 4.69) is 5.32 Å². The summed E-state index contributed by atoms with van der Waals surface area (Å²) in [5, 5.41) is 3.15. The number of amides is 2. The highest BCUT2D eigenvalue weighted by atomic mass is 16.6. The zero-order valence-corrected chi connectivity index (χ0v) is 18.7. The van der Waals surface area contributed by atoms with Crippen molar-refractivity contribution in [1.82, 2.24) is 0 Å². The average Bonchev–Trinajstić information content (AvgIpc) is 3.12. The van der Waals surface area contributed by atoms with Crippen molar-refractivity contribution in [3.63, 3.8) is 0 Å². The quantitative estimate of drug-likeness (QED) is 0.561. The zero-order valence-electron chi connectivity index (χ0n) is 18.7. The van der Waals surface area contributed by atoms with Crippen molar-refractivity contribution in [2.75, 3.05) is 37.7 Å². The summed E-state index contributed by atoms with van der Waals surface area (Å²) in [6, 6.07) is 19.1. The van der Waals surface area contributed by atoms with Gasteiger partial charge in [-0.05, 0) is 42.5 Å². The number of benzene rings is 3. The van der Waals surface area contributed by atoms with E-state index in [-0.39, 0.29) is 11.3 Å². The third-order valence-corrected chi connectivity index (χ3v) is 5.60. The highest BCUT2D eigenvalue weighted by Gasteiger charge is 2.41. The molecule has 2 heterocycles. The van der Waals surface area contributed by atoms with Gasteiger partial charge < -0.3 is 24.3 Å². The van der Waals surface area contributed by atoms with E-state index in [1.807, 2.05) is 0 Å². The Morgan fingerprint density at radius 3 is 2.29 bits per heavy atom. The number of methoxy groups -OCH3 is 2. The van der Waals surface area contributed by atoms with Crippen LogP contribution in [0.1, 0.15) is 5.56 Å². The molecule has 0 aromatic heterocycles. The molecule has 0 saturated carbocycles. The molecular formula is C26H22N2O6. The van der Waals surface area contributed by atoms with E-state index >= 15 is 0 Å². The fourth-order valence-electron chi connectivity index (χ4n) is 3.98. The van der Waals surface area contributed by atoms with Gasteiger partial charge in [0.05, 0.1) is 25.5 Å². The van der Waals surface area contributed by atoms with Gasteiger partial charge in [0.15, 0.2) is 11.5 Å².